The Morgan fingerprint density at radius 2 is 1.02 bits per heavy atom. The summed E-state index contributed by atoms with van der Waals surface area (Å²) in [6.45, 7) is 3.71. The molecule has 1 amide bonds. The Kier molecular flexibility index (Phi) is 35.7. The first kappa shape index (κ1) is 52.7. The van der Waals surface area contributed by atoms with Crippen molar-refractivity contribution in [2.45, 2.75) is 256 Å². The molecule has 0 aromatic heterocycles. The van der Waals surface area contributed by atoms with Crippen LogP contribution in [0.2, 0.25) is 0 Å². The number of hydrogen-bond donors (Lipinski definition) is 6. The quantitative estimate of drug-likeness (QED) is 0.0266. The zero-order valence-corrected chi connectivity index (χ0v) is 36.1. The molecule has 1 rings (SSSR count). The minimum atomic E-state index is -1.57. The van der Waals surface area contributed by atoms with Crippen molar-refractivity contribution in [3.8, 4) is 0 Å². The fourth-order valence-corrected chi connectivity index (χ4v) is 7.47. The van der Waals surface area contributed by atoms with Crippen molar-refractivity contribution in [1.82, 2.24) is 5.32 Å². The molecule has 9 heteroatoms. The highest BCUT2D eigenvalue weighted by Crippen LogP contribution is 2.23. The van der Waals surface area contributed by atoms with Crippen molar-refractivity contribution in [2.24, 2.45) is 0 Å². The van der Waals surface area contributed by atoms with E-state index in [1.165, 1.54) is 154 Å². The van der Waals surface area contributed by atoms with E-state index in [4.69, 9.17) is 9.47 Å². The number of aliphatic hydroxyl groups excluding tert-OH is 5. The summed E-state index contributed by atoms with van der Waals surface area (Å²) in [5.41, 5.74) is 0. The lowest BCUT2D eigenvalue weighted by Crippen LogP contribution is -2.60. The molecule has 56 heavy (non-hydrogen) atoms. The Labute approximate surface area is 343 Å². The van der Waals surface area contributed by atoms with E-state index in [9.17, 15) is 30.3 Å². The van der Waals surface area contributed by atoms with Crippen LogP contribution in [0.1, 0.15) is 213 Å². The van der Waals surface area contributed by atoms with E-state index in [-0.39, 0.29) is 12.5 Å². The summed E-state index contributed by atoms with van der Waals surface area (Å²) in [7, 11) is 0. The van der Waals surface area contributed by atoms with Gasteiger partial charge in [-0.15, -0.1) is 0 Å². The van der Waals surface area contributed by atoms with Crippen LogP contribution >= 0.6 is 0 Å². The Morgan fingerprint density at radius 3 is 1.50 bits per heavy atom. The van der Waals surface area contributed by atoms with Crippen LogP contribution in [-0.2, 0) is 14.3 Å². The number of nitrogens with one attached hydrogen (secondary N) is 1. The van der Waals surface area contributed by atoms with Crippen LogP contribution in [0.5, 0.6) is 0 Å². The maximum atomic E-state index is 12.9. The molecule has 0 aromatic carbocycles. The smallest absolute Gasteiger partial charge is 0.220 e. The van der Waals surface area contributed by atoms with Gasteiger partial charge in [0.2, 0.25) is 5.91 Å². The molecular weight excluding hydrogens is 707 g/mol. The first-order valence-corrected chi connectivity index (χ1v) is 23.6. The van der Waals surface area contributed by atoms with E-state index in [1.54, 1.807) is 6.08 Å². The molecule has 0 aromatic rings. The molecule has 330 valence electrons. The Morgan fingerprint density at radius 1 is 0.589 bits per heavy atom. The van der Waals surface area contributed by atoms with Gasteiger partial charge >= 0.3 is 0 Å². The lowest BCUT2D eigenvalue weighted by molar-refractivity contribution is -0.302. The highest BCUT2D eigenvalue weighted by atomic mass is 16.7. The van der Waals surface area contributed by atoms with E-state index in [0.29, 0.717) is 6.42 Å². The number of rotatable bonds is 39. The summed E-state index contributed by atoms with van der Waals surface area (Å²) < 4.78 is 11.2. The molecule has 6 N–H and O–H groups in total. The SMILES string of the molecule is CCCCC/C=C/CC/C=C/C(O)C(COC1OC(CO)C(O)C(O)C1O)NC(=O)CCCCCCCCCCCCCCCCCCCCCCCCCC. The molecule has 0 spiro atoms. The first-order chi connectivity index (χ1) is 27.3. The van der Waals surface area contributed by atoms with E-state index in [0.717, 1.165) is 38.5 Å². The van der Waals surface area contributed by atoms with Crippen LogP contribution in [0.3, 0.4) is 0 Å². The molecule has 7 atom stereocenters. The van der Waals surface area contributed by atoms with Gasteiger partial charge in [-0.25, -0.2) is 0 Å². The van der Waals surface area contributed by atoms with E-state index in [2.05, 4.69) is 31.3 Å². The molecule has 1 saturated heterocycles. The average Bonchev–Trinajstić information content (AvgIpc) is 3.20. The lowest BCUT2D eigenvalue weighted by atomic mass is 9.99. The van der Waals surface area contributed by atoms with E-state index >= 15 is 0 Å². The van der Waals surface area contributed by atoms with Gasteiger partial charge in [0.1, 0.15) is 24.4 Å². The molecular formula is C47H89NO8. The Hall–Kier alpha value is -1.33. The number of allylic oxidation sites excluding steroid dienone is 3. The number of carbonyl (C=O) groups excluding carboxylic acids is 1. The molecule has 1 aliphatic heterocycles. The molecule has 1 aliphatic rings. The summed E-state index contributed by atoms with van der Waals surface area (Å²) in [5.74, 6) is -0.186. The molecule has 7 unspecified atom stereocenters. The highest BCUT2D eigenvalue weighted by molar-refractivity contribution is 5.76. The summed E-state index contributed by atoms with van der Waals surface area (Å²) in [5, 5.41) is 54.0. The highest BCUT2D eigenvalue weighted by Gasteiger charge is 2.44. The van der Waals surface area contributed by atoms with Gasteiger partial charge in [0.25, 0.3) is 0 Å². The third-order valence-corrected chi connectivity index (χ3v) is 11.3. The monoisotopic (exact) mass is 796 g/mol. The largest absolute Gasteiger partial charge is 0.394 e. The van der Waals surface area contributed by atoms with Crippen LogP contribution in [0.15, 0.2) is 24.3 Å². The molecule has 0 aliphatic carbocycles. The first-order valence-electron chi connectivity index (χ1n) is 23.6. The zero-order chi connectivity index (χ0) is 40.9. The predicted molar refractivity (Wildman–Crippen MR) is 230 cm³/mol. The van der Waals surface area contributed by atoms with Crippen molar-refractivity contribution in [3.63, 3.8) is 0 Å². The molecule has 1 fully saturated rings. The number of unbranched alkanes of at least 4 members (excludes halogenated alkanes) is 27. The van der Waals surface area contributed by atoms with Gasteiger partial charge in [0.05, 0.1) is 25.4 Å². The lowest BCUT2D eigenvalue weighted by Gasteiger charge is -2.40. The average molecular weight is 796 g/mol. The molecule has 0 saturated carbocycles. The van der Waals surface area contributed by atoms with Gasteiger partial charge in [0, 0.05) is 6.42 Å². The fraction of sp³-hybridized carbons (Fsp3) is 0.894. The third kappa shape index (κ3) is 28.2. The second-order valence-electron chi connectivity index (χ2n) is 16.5. The maximum absolute atomic E-state index is 12.9. The number of hydrogen-bond acceptors (Lipinski definition) is 8. The van der Waals surface area contributed by atoms with Gasteiger partial charge in [0.15, 0.2) is 6.29 Å². The molecule has 0 bridgehead atoms. The summed E-state index contributed by atoms with van der Waals surface area (Å²) in [6.07, 6.45) is 38.2. The van der Waals surface area contributed by atoms with Gasteiger partial charge in [-0.2, -0.15) is 0 Å². The third-order valence-electron chi connectivity index (χ3n) is 11.3. The van der Waals surface area contributed by atoms with E-state index in [1.807, 2.05) is 6.08 Å². The van der Waals surface area contributed by atoms with Gasteiger partial charge in [-0.05, 0) is 32.1 Å². The van der Waals surface area contributed by atoms with Crippen LogP contribution < -0.4 is 5.32 Å². The molecule has 0 radical (unpaired) electrons. The number of ether oxygens (including phenoxy) is 2. The summed E-state index contributed by atoms with van der Waals surface area (Å²) in [4.78, 5) is 12.9. The number of aliphatic hydroxyl groups is 5. The van der Waals surface area contributed by atoms with Crippen molar-refractivity contribution in [2.75, 3.05) is 13.2 Å². The standard InChI is InChI=1S/C47H89NO8/c1-3-5-7-9-11-13-14-15-16-17-18-19-20-21-22-23-24-25-26-27-29-31-33-35-37-43(51)48-40(41(50)36-34-32-30-28-12-10-8-6-4-2)39-55-47-46(54)45(53)44(52)42(38-49)56-47/h12,28,34,36,40-42,44-47,49-50,52-54H,3-11,13-27,29-33,35,37-39H2,1-2H3,(H,48,51)/b28-12+,36-34+. The normalized spacial score (nSPS) is 21.3. The summed E-state index contributed by atoms with van der Waals surface area (Å²) in [6, 6.07) is -0.815. The van der Waals surface area contributed by atoms with Crippen molar-refractivity contribution in [3.05, 3.63) is 24.3 Å². The molecule has 1 heterocycles. The van der Waals surface area contributed by atoms with Crippen LogP contribution in [-0.4, -0.2) is 87.5 Å². The maximum Gasteiger partial charge on any atom is 0.220 e. The number of amides is 1. The predicted octanol–water partition coefficient (Wildman–Crippen LogP) is 9.89. The second kappa shape index (κ2) is 37.9. The van der Waals surface area contributed by atoms with Crippen LogP contribution in [0.25, 0.3) is 0 Å². The van der Waals surface area contributed by atoms with Gasteiger partial charge < -0.3 is 40.3 Å². The van der Waals surface area contributed by atoms with Crippen LogP contribution in [0.4, 0.5) is 0 Å². The molecule has 9 nitrogen and oxygen atoms in total. The Balaban J connectivity index is 2.20. The van der Waals surface area contributed by atoms with Gasteiger partial charge in [-0.1, -0.05) is 199 Å². The summed E-state index contributed by atoms with van der Waals surface area (Å²) >= 11 is 0. The van der Waals surface area contributed by atoms with Gasteiger partial charge in [-0.3, -0.25) is 4.79 Å². The van der Waals surface area contributed by atoms with Crippen molar-refractivity contribution >= 4 is 5.91 Å². The Bertz CT molecular complexity index is 930. The van der Waals surface area contributed by atoms with Crippen molar-refractivity contribution < 1.29 is 39.8 Å². The topological polar surface area (TPSA) is 149 Å². The van der Waals surface area contributed by atoms with Crippen molar-refractivity contribution in [1.29, 1.82) is 0 Å². The minimum Gasteiger partial charge on any atom is -0.394 e. The number of carbonyl (C=O) groups is 1. The zero-order valence-electron chi connectivity index (χ0n) is 36.1. The van der Waals surface area contributed by atoms with E-state index < -0.39 is 49.5 Å². The fourth-order valence-electron chi connectivity index (χ4n) is 7.47. The van der Waals surface area contributed by atoms with Crippen LogP contribution in [0, 0.1) is 0 Å². The second-order valence-corrected chi connectivity index (χ2v) is 16.5. The minimum absolute atomic E-state index is 0.186.